The second-order valence-electron chi connectivity index (χ2n) is 5.41. The number of aryl methyl sites for hydroxylation is 1. The van der Waals surface area contributed by atoms with Gasteiger partial charge in [-0.2, -0.15) is 18.3 Å². The zero-order valence-electron chi connectivity index (χ0n) is 12.4. The molecule has 0 aromatic carbocycles. The van der Waals surface area contributed by atoms with E-state index >= 15 is 0 Å². The molecule has 1 amide bonds. The van der Waals surface area contributed by atoms with Crippen LogP contribution in [0.5, 0.6) is 0 Å². The topological polar surface area (TPSA) is 75.0 Å². The number of carbonyl (C=O) groups is 1. The average Bonchev–Trinajstić information content (AvgIpc) is 2.68. The number of hydrogen-bond acceptors (Lipinski definition) is 3. The van der Waals surface area contributed by atoms with E-state index < -0.39 is 18.6 Å². The third-order valence-electron chi connectivity index (χ3n) is 2.83. The van der Waals surface area contributed by atoms with E-state index in [1.165, 1.54) is 0 Å². The lowest BCUT2D eigenvalue weighted by Gasteiger charge is -2.25. The fraction of sp³-hybridized carbons (Fsp3) is 0.692. The number of halogens is 3. The molecule has 0 saturated carbocycles. The molecule has 120 valence electrons. The second-order valence-corrected chi connectivity index (χ2v) is 5.41. The zero-order chi connectivity index (χ0) is 16.2. The summed E-state index contributed by atoms with van der Waals surface area (Å²) >= 11 is 0. The third-order valence-corrected chi connectivity index (χ3v) is 2.83. The molecule has 0 aliphatic carbocycles. The first-order valence-corrected chi connectivity index (χ1v) is 6.84. The molecule has 0 aliphatic heterocycles. The number of anilines is 1. The highest BCUT2D eigenvalue weighted by Crippen LogP contribution is 2.22. The highest BCUT2D eigenvalue weighted by atomic mass is 19.4. The number of nitrogens with zero attached hydrogens (tertiary/aromatic N) is 2. The van der Waals surface area contributed by atoms with Gasteiger partial charge in [0.05, 0.1) is 11.4 Å². The Morgan fingerprint density at radius 3 is 2.52 bits per heavy atom. The minimum absolute atomic E-state index is 0.00620. The van der Waals surface area contributed by atoms with Gasteiger partial charge in [-0.15, -0.1) is 0 Å². The monoisotopic (exact) mass is 306 g/mol. The van der Waals surface area contributed by atoms with Gasteiger partial charge in [0.25, 0.3) is 5.91 Å². The van der Waals surface area contributed by atoms with Crippen molar-refractivity contribution in [2.24, 2.45) is 5.92 Å². The van der Waals surface area contributed by atoms with Crippen molar-refractivity contribution in [3.63, 3.8) is 0 Å². The molecule has 8 heteroatoms. The van der Waals surface area contributed by atoms with Crippen LogP contribution < -0.4 is 5.73 Å². The molecule has 0 unspecified atom stereocenters. The van der Waals surface area contributed by atoms with Crippen LogP contribution in [-0.2, 0) is 6.42 Å². The summed E-state index contributed by atoms with van der Waals surface area (Å²) in [6.07, 6.45) is -3.07. The Balaban J connectivity index is 2.99. The smallest absolute Gasteiger partial charge is 0.395 e. The van der Waals surface area contributed by atoms with Crippen molar-refractivity contribution >= 4 is 11.6 Å². The normalized spacial score (nSPS) is 12.0. The molecule has 1 aromatic rings. The van der Waals surface area contributed by atoms with E-state index in [2.05, 4.69) is 10.2 Å². The summed E-state index contributed by atoms with van der Waals surface area (Å²) in [5.74, 6) is -0.885. The van der Waals surface area contributed by atoms with Crippen molar-refractivity contribution < 1.29 is 18.0 Å². The first kappa shape index (κ1) is 17.3. The van der Waals surface area contributed by atoms with Gasteiger partial charge < -0.3 is 10.6 Å². The molecule has 0 bridgehead atoms. The van der Waals surface area contributed by atoms with E-state index in [-0.39, 0.29) is 23.8 Å². The van der Waals surface area contributed by atoms with E-state index in [9.17, 15) is 18.0 Å². The first-order chi connectivity index (χ1) is 9.65. The Bertz CT molecular complexity index is 482. The molecule has 1 aromatic heterocycles. The van der Waals surface area contributed by atoms with Gasteiger partial charge in [0.15, 0.2) is 5.69 Å². The van der Waals surface area contributed by atoms with Crippen molar-refractivity contribution in [1.29, 1.82) is 0 Å². The van der Waals surface area contributed by atoms with Gasteiger partial charge in [-0.25, -0.2) is 0 Å². The van der Waals surface area contributed by atoms with E-state index in [1.807, 2.05) is 6.92 Å². The predicted octanol–water partition coefficient (Wildman–Crippen LogP) is 2.60. The number of alkyl halides is 3. The van der Waals surface area contributed by atoms with Gasteiger partial charge in [0.1, 0.15) is 6.54 Å². The van der Waals surface area contributed by atoms with Crippen LogP contribution in [0.15, 0.2) is 0 Å². The summed E-state index contributed by atoms with van der Waals surface area (Å²) in [6.45, 7) is 4.10. The molecule has 0 radical (unpaired) electrons. The highest BCUT2D eigenvalue weighted by molar-refractivity contribution is 5.97. The summed E-state index contributed by atoms with van der Waals surface area (Å²) < 4.78 is 37.8. The molecule has 0 atom stereocenters. The van der Waals surface area contributed by atoms with E-state index in [4.69, 9.17) is 5.73 Å². The van der Waals surface area contributed by atoms with Crippen LogP contribution in [0.4, 0.5) is 18.9 Å². The summed E-state index contributed by atoms with van der Waals surface area (Å²) in [7, 11) is 0. The summed E-state index contributed by atoms with van der Waals surface area (Å²) in [4.78, 5) is 13.0. The molecule has 1 rings (SSSR count). The number of aromatic amines is 1. The number of carbonyl (C=O) groups excluding carboxylic acids is 1. The van der Waals surface area contributed by atoms with Crippen LogP contribution in [0.25, 0.3) is 0 Å². The van der Waals surface area contributed by atoms with Crippen LogP contribution >= 0.6 is 0 Å². The zero-order valence-corrected chi connectivity index (χ0v) is 12.4. The predicted molar refractivity (Wildman–Crippen MR) is 73.8 cm³/mol. The fourth-order valence-electron chi connectivity index (χ4n) is 2.02. The Morgan fingerprint density at radius 1 is 1.43 bits per heavy atom. The molecule has 3 N–H and O–H groups in total. The largest absolute Gasteiger partial charge is 0.406 e. The maximum atomic E-state index is 12.6. The van der Waals surface area contributed by atoms with E-state index in [1.54, 1.807) is 13.8 Å². The number of amides is 1. The van der Waals surface area contributed by atoms with E-state index in [0.29, 0.717) is 12.1 Å². The van der Waals surface area contributed by atoms with Crippen LogP contribution in [0.3, 0.4) is 0 Å². The summed E-state index contributed by atoms with van der Waals surface area (Å²) in [5.41, 5.74) is 6.38. The Hall–Kier alpha value is -1.73. The number of nitrogens with one attached hydrogen (secondary N) is 1. The summed E-state index contributed by atoms with van der Waals surface area (Å²) in [5, 5.41) is 6.41. The van der Waals surface area contributed by atoms with Gasteiger partial charge in [-0.1, -0.05) is 27.2 Å². The van der Waals surface area contributed by atoms with Crippen LogP contribution in [0, 0.1) is 5.92 Å². The fourth-order valence-corrected chi connectivity index (χ4v) is 2.02. The molecule has 0 aliphatic rings. The molecule has 1 heterocycles. The average molecular weight is 306 g/mol. The molecule has 0 fully saturated rings. The van der Waals surface area contributed by atoms with Crippen molar-refractivity contribution in [3.8, 4) is 0 Å². The molecular weight excluding hydrogens is 285 g/mol. The lowest BCUT2D eigenvalue weighted by molar-refractivity contribution is -0.141. The molecule has 5 nitrogen and oxygen atoms in total. The van der Waals surface area contributed by atoms with Crippen molar-refractivity contribution in [2.75, 3.05) is 18.8 Å². The minimum atomic E-state index is -4.46. The second kappa shape index (κ2) is 6.82. The van der Waals surface area contributed by atoms with Crippen molar-refractivity contribution in [1.82, 2.24) is 15.1 Å². The molecular formula is C13H21F3N4O. The highest BCUT2D eigenvalue weighted by Gasteiger charge is 2.35. The number of H-pyrrole nitrogens is 1. The van der Waals surface area contributed by atoms with Gasteiger partial charge in [0.2, 0.25) is 0 Å². The number of aromatic nitrogens is 2. The van der Waals surface area contributed by atoms with Crippen molar-refractivity contribution in [2.45, 2.75) is 39.8 Å². The Labute approximate surface area is 121 Å². The molecule has 21 heavy (non-hydrogen) atoms. The van der Waals surface area contributed by atoms with Gasteiger partial charge in [0, 0.05) is 6.54 Å². The van der Waals surface area contributed by atoms with Gasteiger partial charge in [-0.3, -0.25) is 9.89 Å². The maximum absolute atomic E-state index is 12.6. The lowest BCUT2D eigenvalue weighted by atomic mass is 10.1. The quantitative estimate of drug-likeness (QED) is 0.848. The van der Waals surface area contributed by atoms with Crippen LogP contribution in [0.1, 0.15) is 43.4 Å². The van der Waals surface area contributed by atoms with Crippen LogP contribution in [0.2, 0.25) is 0 Å². The van der Waals surface area contributed by atoms with Gasteiger partial charge in [-0.05, 0) is 12.3 Å². The number of hydrogen-bond donors (Lipinski definition) is 2. The van der Waals surface area contributed by atoms with Gasteiger partial charge >= 0.3 is 6.18 Å². The number of rotatable bonds is 6. The number of nitrogen functional groups attached to an aromatic ring is 1. The summed E-state index contributed by atoms with van der Waals surface area (Å²) in [6, 6.07) is 0. The van der Waals surface area contributed by atoms with Crippen LogP contribution in [-0.4, -0.2) is 40.3 Å². The minimum Gasteiger partial charge on any atom is -0.395 e. The lowest BCUT2D eigenvalue weighted by Crippen LogP contribution is -2.41. The van der Waals surface area contributed by atoms with E-state index in [0.717, 1.165) is 11.3 Å². The Kier molecular flexibility index (Phi) is 5.62. The SMILES string of the molecule is CCCc1[nH]nc(C(=O)N(CC(C)C)CC(F)(F)F)c1N. The first-order valence-electron chi connectivity index (χ1n) is 6.84. The molecule has 0 saturated heterocycles. The number of nitrogens with two attached hydrogens (primary N) is 1. The van der Waals surface area contributed by atoms with Crippen molar-refractivity contribution in [3.05, 3.63) is 11.4 Å². The molecule has 0 spiro atoms. The Morgan fingerprint density at radius 2 is 2.05 bits per heavy atom. The maximum Gasteiger partial charge on any atom is 0.406 e. The third kappa shape index (κ3) is 4.95. The standard InChI is InChI=1S/C13H21F3N4O/c1-4-5-9-10(17)11(19-18-9)12(21)20(6-8(2)3)7-13(14,15)16/h8H,4-7,17H2,1-3H3,(H,18,19).